The SMILES string of the molecule is CCCCCCCCCCCCCCCCCCCCCC/C=C/CC/C=C/C(O)C(CO)NC(=O)CCCCCCCC. The van der Waals surface area contributed by atoms with Gasteiger partial charge in [-0.2, -0.15) is 0 Å². The van der Waals surface area contributed by atoms with E-state index in [2.05, 4.69) is 31.3 Å². The number of hydrogen-bond acceptors (Lipinski definition) is 3. The first kappa shape index (κ1) is 42.9. The lowest BCUT2D eigenvalue weighted by Crippen LogP contribution is -2.45. The average molecular weight is 620 g/mol. The summed E-state index contributed by atoms with van der Waals surface area (Å²) in [6.45, 7) is 4.23. The van der Waals surface area contributed by atoms with Crippen molar-refractivity contribution >= 4 is 5.91 Å². The molecule has 44 heavy (non-hydrogen) atoms. The van der Waals surface area contributed by atoms with Crippen molar-refractivity contribution in [2.45, 2.75) is 219 Å². The third-order valence-electron chi connectivity index (χ3n) is 8.94. The third-order valence-corrected chi connectivity index (χ3v) is 8.94. The molecule has 0 aromatic carbocycles. The van der Waals surface area contributed by atoms with Gasteiger partial charge in [-0.1, -0.05) is 192 Å². The van der Waals surface area contributed by atoms with Crippen LogP contribution in [0.15, 0.2) is 24.3 Å². The molecule has 0 aromatic rings. The summed E-state index contributed by atoms with van der Waals surface area (Å²) in [5.74, 6) is -0.0834. The van der Waals surface area contributed by atoms with Gasteiger partial charge in [-0.3, -0.25) is 4.79 Å². The molecule has 0 saturated carbocycles. The van der Waals surface area contributed by atoms with E-state index in [9.17, 15) is 15.0 Å². The summed E-state index contributed by atoms with van der Waals surface area (Å²) >= 11 is 0. The molecule has 0 fully saturated rings. The van der Waals surface area contributed by atoms with E-state index < -0.39 is 12.1 Å². The fourth-order valence-corrected chi connectivity index (χ4v) is 5.90. The van der Waals surface area contributed by atoms with Crippen LogP contribution in [0.5, 0.6) is 0 Å². The number of rotatable bonds is 35. The summed E-state index contributed by atoms with van der Waals surface area (Å²) in [6, 6.07) is -0.631. The summed E-state index contributed by atoms with van der Waals surface area (Å²) < 4.78 is 0. The van der Waals surface area contributed by atoms with Gasteiger partial charge in [0.15, 0.2) is 0 Å². The number of aliphatic hydroxyl groups excluding tert-OH is 2. The molecule has 0 spiro atoms. The summed E-state index contributed by atoms with van der Waals surface area (Å²) in [7, 11) is 0. The maximum absolute atomic E-state index is 12.1. The number of nitrogens with one attached hydrogen (secondary N) is 1. The molecular formula is C40H77NO3. The number of hydrogen-bond donors (Lipinski definition) is 3. The van der Waals surface area contributed by atoms with Gasteiger partial charge >= 0.3 is 0 Å². The first-order valence-corrected chi connectivity index (χ1v) is 19.6. The summed E-state index contributed by atoms with van der Waals surface area (Å²) in [4.78, 5) is 12.1. The second kappa shape index (κ2) is 36.3. The number of allylic oxidation sites excluding steroid dienone is 3. The van der Waals surface area contributed by atoms with Crippen LogP contribution in [0.2, 0.25) is 0 Å². The topological polar surface area (TPSA) is 69.6 Å². The van der Waals surface area contributed by atoms with Gasteiger partial charge in [0.05, 0.1) is 18.8 Å². The van der Waals surface area contributed by atoms with E-state index >= 15 is 0 Å². The van der Waals surface area contributed by atoms with E-state index in [1.54, 1.807) is 6.08 Å². The summed E-state index contributed by atoms with van der Waals surface area (Å²) in [5, 5.41) is 22.7. The molecule has 4 nitrogen and oxygen atoms in total. The predicted octanol–water partition coefficient (Wildman–Crippen LogP) is 11.7. The van der Waals surface area contributed by atoms with E-state index in [4.69, 9.17) is 0 Å². The Kier molecular flexibility index (Phi) is 35.4. The molecule has 0 radical (unpaired) electrons. The molecule has 0 aliphatic rings. The summed E-state index contributed by atoms with van der Waals surface area (Å²) in [5.41, 5.74) is 0. The number of carbonyl (C=O) groups excluding carboxylic acids is 1. The standard InChI is InChI=1S/C40H77NO3/c1-3-5-7-9-11-12-13-14-15-16-17-18-19-20-21-22-23-24-25-26-27-28-29-30-31-33-35-39(43)38(37-42)41-40(44)36-34-32-10-8-6-4-2/h28-29,33,35,38-39,42-43H,3-27,30-32,34,36-37H2,1-2H3,(H,41,44)/b29-28+,35-33+. The lowest BCUT2D eigenvalue weighted by molar-refractivity contribution is -0.123. The first-order valence-electron chi connectivity index (χ1n) is 19.6. The van der Waals surface area contributed by atoms with Crippen LogP contribution in [0.25, 0.3) is 0 Å². The molecule has 3 N–H and O–H groups in total. The zero-order valence-electron chi connectivity index (χ0n) is 29.7. The van der Waals surface area contributed by atoms with Gasteiger partial charge in [-0.05, 0) is 32.1 Å². The molecule has 1 amide bonds. The molecule has 0 bridgehead atoms. The Morgan fingerprint density at radius 3 is 1.32 bits per heavy atom. The highest BCUT2D eigenvalue weighted by molar-refractivity contribution is 5.76. The van der Waals surface area contributed by atoms with Crippen molar-refractivity contribution in [3.8, 4) is 0 Å². The molecule has 260 valence electrons. The van der Waals surface area contributed by atoms with Crippen LogP contribution in [0.1, 0.15) is 206 Å². The van der Waals surface area contributed by atoms with Crippen LogP contribution in [0.4, 0.5) is 0 Å². The maximum Gasteiger partial charge on any atom is 0.220 e. The van der Waals surface area contributed by atoms with Crippen LogP contribution in [0.3, 0.4) is 0 Å². The molecule has 0 aliphatic heterocycles. The Morgan fingerprint density at radius 2 is 0.886 bits per heavy atom. The van der Waals surface area contributed by atoms with Crippen LogP contribution < -0.4 is 5.32 Å². The second-order valence-electron chi connectivity index (χ2n) is 13.3. The largest absolute Gasteiger partial charge is 0.394 e. The van der Waals surface area contributed by atoms with Crippen molar-refractivity contribution in [2.24, 2.45) is 0 Å². The third kappa shape index (κ3) is 32.3. The molecule has 0 aliphatic carbocycles. The minimum atomic E-state index is -0.855. The van der Waals surface area contributed by atoms with Crippen molar-refractivity contribution in [1.29, 1.82) is 0 Å². The minimum Gasteiger partial charge on any atom is -0.394 e. The van der Waals surface area contributed by atoms with Crippen molar-refractivity contribution in [1.82, 2.24) is 5.32 Å². The maximum atomic E-state index is 12.1. The average Bonchev–Trinajstić information content (AvgIpc) is 3.03. The van der Waals surface area contributed by atoms with Gasteiger partial charge in [0.2, 0.25) is 5.91 Å². The van der Waals surface area contributed by atoms with Crippen LogP contribution in [-0.2, 0) is 4.79 Å². The minimum absolute atomic E-state index is 0.0834. The Labute approximate surface area is 275 Å². The van der Waals surface area contributed by atoms with Crippen LogP contribution in [0, 0.1) is 0 Å². The smallest absolute Gasteiger partial charge is 0.220 e. The van der Waals surface area contributed by atoms with Crippen molar-refractivity contribution in [3.05, 3.63) is 24.3 Å². The quantitative estimate of drug-likeness (QED) is 0.0488. The Balaban J connectivity index is 3.49. The second-order valence-corrected chi connectivity index (χ2v) is 13.3. The lowest BCUT2D eigenvalue weighted by Gasteiger charge is -2.19. The highest BCUT2D eigenvalue weighted by atomic mass is 16.3. The van der Waals surface area contributed by atoms with E-state index in [-0.39, 0.29) is 12.5 Å². The fourth-order valence-electron chi connectivity index (χ4n) is 5.90. The lowest BCUT2D eigenvalue weighted by atomic mass is 10.0. The molecule has 2 unspecified atom stereocenters. The van der Waals surface area contributed by atoms with Gasteiger partial charge in [-0.25, -0.2) is 0 Å². The van der Waals surface area contributed by atoms with Crippen LogP contribution >= 0.6 is 0 Å². The molecular weight excluding hydrogens is 542 g/mol. The highest BCUT2D eigenvalue weighted by Crippen LogP contribution is 2.15. The van der Waals surface area contributed by atoms with Crippen LogP contribution in [-0.4, -0.2) is 34.9 Å². The predicted molar refractivity (Wildman–Crippen MR) is 193 cm³/mol. The highest BCUT2D eigenvalue weighted by Gasteiger charge is 2.17. The van der Waals surface area contributed by atoms with Gasteiger partial charge in [-0.15, -0.1) is 0 Å². The zero-order valence-corrected chi connectivity index (χ0v) is 29.7. The monoisotopic (exact) mass is 620 g/mol. The first-order chi connectivity index (χ1) is 21.7. The number of unbranched alkanes of at least 4 members (excludes halogenated alkanes) is 26. The Bertz CT molecular complexity index is 632. The van der Waals surface area contributed by atoms with E-state index in [1.165, 1.54) is 154 Å². The molecule has 4 heteroatoms. The molecule has 2 atom stereocenters. The Morgan fingerprint density at radius 1 is 0.523 bits per heavy atom. The van der Waals surface area contributed by atoms with E-state index in [1.807, 2.05) is 6.08 Å². The fraction of sp³-hybridized carbons (Fsp3) is 0.875. The van der Waals surface area contributed by atoms with Gasteiger partial charge < -0.3 is 15.5 Å². The summed E-state index contributed by atoms with van der Waals surface area (Å²) in [6.07, 6.45) is 46.0. The van der Waals surface area contributed by atoms with Gasteiger partial charge in [0, 0.05) is 6.42 Å². The molecule has 0 saturated heterocycles. The molecule has 0 aromatic heterocycles. The number of aliphatic hydroxyl groups is 2. The van der Waals surface area contributed by atoms with Crippen molar-refractivity contribution in [3.63, 3.8) is 0 Å². The van der Waals surface area contributed by atoms with E-state index in [0.29, 0.717) is 6.42 Å². The number of amides is 1. The molecule has 0 heterocycles. The zero-order chi connectivity index (χ0) is 32.2. The van der Waals surface area contributed by atoms with Crippen molar-refractivity contribution in [2.75, 3.05) is 6.61 Å². The van der Waals surface area contributed by atoms with Crippen molar-refractivity contribution < 1.29 is 15.0 Å². The van der Waals surface area contributed by atoms with E-state index in [0.717, 1.165) is 32.1 Å². The number of carbonyl (C=O) groups is 1. The molecule has 0 rings (SSSR count). The van der Waals surface area contributed by atoms with Gasteiger partial charge in [0.25, 0.3) is 0 Å². The normalized spacial score (nSPS) is 13.3. The van der Waals surface area contributed by atoms with Gasteiger partial charge in [0.1, 0.15) is 0 Å². The Hall–Kier alpha value is -1.13.